The summed E-state index contributed by atoms with van der Waals surface area (Å²) >= 11 is 0. The second-order valence-electron chi connectivity index (χ2n) is 4.32. The number of benzene rings is 1. The fourth-order valence-corrected chi connectivity index (χ4v) is 2.00. The lowest BCUT2D eigenvalue weighted by molar-refractivity contribution is -0.0111. The Morgan fingerprint density at radius 1 is 1.44 bits per heavy atom. The quantitative estimate of drug-likeness (QED) is 0.753. The summed E-state index contributed by atoms with van der Waals surface area (Å²) in [6.07, 6.45) is 4.24. The Bertz CT molecular complexity index is 397. The molecular formula is C14H18O4. The van der Waals surface area contributed by atoms with Crippen LogP contribution in [0.15, 0.2) is 18.2 Å². The molecule has 0 unspecified atom stereocenters. The first-order chi connectivity index (χ1) is 8.83. The lowest BCUT2D eigenvalue weighted by Gasteiger charge is -2.23. The second-order valence-corrected chi connectivity index (χ2v) is 4.32. The van der Waals surface area contributed by atoms with Crippen LogP contribution in [0.25, 0.3) is 0 Å². The highest BCUT2D eigenvalue weighted by molar-refractivity contribution is 5.80. The highest BCUT2D eigenvalue weighted by Gasteiger charge is 2.15. The molecule has 18 heavy (non-hydrogen) atoms. The fourth-order valence-electron chi connectivity index (χ4n) is 2.00. The van der Waals surface area contributed by atoms with Gasteiger partial charge < -0.3 is 14.2 Å². The molecule has 1 saturated heterocycles. The molecular weight excluding hydrogens is 232 g/mol. The monoisotopic (exact) mass is 250 g/mol. The molecule has 1 aromatic rings. The van der Waals surface area contributed by atoms with Crippen LogP contribution in [0.3, 0.4) is 0 Å². The highest BCUT2D eigenvalue weighted by Crippen LogP contribution is 2.23. The van der Waals surface area contributed by atoms with Crippen LogP contribution >= 0.6 is 0 Å². The third kappa shape index (κ3) is 3.23. The van der Waals surface area contributed by atoms with Gasteiger partial charge in [0.1, 0.15) is 18.1 Å². The van der Waals surface area contributed by atoms with Crippen LogP contribution in [-0.4, -0.2) is 32.7 Å². The first kappa shape index (κ1) is 12.9. The second kappa shape index (κ2) is 6.40. The summed E-state index contributed by atoms with van der Waals surface area (Å²) in [5.41, 5.74) is 0.505. The van der Waals surface area contributed by atoms with Crippen molar-refractivity contribution < 1.29 is 19.0 Å². The van der Waals surface area contributed by atoms with E-state index in [4.69, 9.17) is 14.2 Å². The summed E-state index contributed by atoms with van der Waals surface area (Å²) in [5, 5.41) is 0. The predicted molar refractivity (Wildman–Crippen MR) is 67.5 cm³/mol. The summed E-state index contributed by atoms with van der Waals surface area (Å²) in [7, 11) is 1.57. The van der Waals surface area contributed by atoms with E-state index in [-0.39, 0.29) is 6.10 Å². The molecule has 1 aromatic carbocycles. The predicted octanol–water partition coefficient (Wildman–Crippen LogP) is 2.46. The summed E-state index contributed by atoms with van der Waals surface area (Å²) < 4.78 is 16.3. The van der Waals surface area contributed by atoms with E-state index < -0.39 is 0 Å². The van der Waals surface area contributed by atoms with Crippen LogP contribution in [0, 0.1) is 0 Å². The molecule has 0 aliphatic carbocycles. The summed E-state index contributed by atoms with van der Waals surface area (Å²) in [6, 6.07) is 5.21. The van der Waals surface area contributed by atoms with Gasteiger partial charge in [0.15, 0.2) is 6.29 Å². The van der Waals surface area contributed by atoms with Gasteiger partial charge >= 0.3 is 0 Å². The van der Waals surface area contributed by atoms with Gasteiger partial charge in [0, 0.05) is 6.61 Å². The van der Waals surface area contributed by atoms with Crippen LogP contribution in [0.4, 0.5) is 0 Å². The minimum Gasteiger partial charge on any atom is -0.497 e. The zero-order chi connectivity index (χ0) is 12.8. The molecule has 2 rings (SSSR count). The van der Waals surface area contributed by atoms with E-state index >= 15 is 0 Å². The van der Waals surface area contributed by atoms with E-state index in [9.17, 15) is 4.79 Å². The van der Waals surface area contributed by atoms with Crippen molar-refractivity contribution in [1.82, 2.24) is 0 Å². The Kier molecular flexibility index (Phi) is 4.59. The molecule has 0 N–H and O–H groups in total. The van der Waals surface area contributed by atoms with Crippen molar-refractivity contribution >= 4 is 6.29 Å². The van der Waals surface area contributed by atoms with Gasteiger partial charge in [-0.05, 0) is 37.5 Å². The van der Waals surface area contributed by atoms with E-state index in [1.54, 1.807) is 25.3 Å². The third-order valence-corrected chi connectivity index (χ3v) is 3.04. The molecule has 0 radical (unpaired) electrons. The van der Waals surface area contributed by atoms with Gasteiger partial charge in [-0.25, -0.2) is 0 Å². The number of ether oxygens (including phenoxy) is 3. The first-order valence-corrected chi connectivity index (χ1v) is 6.21. The van der Waals surface area contributed by atoms with Crippen molar-refractivity contribution in [2.75, 3.05) is 20.3 Å². The minimum absolute atomic E-state index is 0.139. The van der Waals surface area contributed by atoms with E-state index in [1.165, 1.54) is 6.42 Å². The summed E-state index contributed by atoms with van der Waals surface area (Å²) in [6.45, 7) is 1.30. The molecule has 1 heterocycles. The van der Waals surface area contributed by atoms with Gasteiger partial charge in [-0.2, -0.15) is 0 Å². The maximum Gasteiger partial charge on any atom is 0.153 e. The van der Waals surface area contributed by atoms with Crippen molar-refractivity contribution in [2.24, 2.45) is 0 Å². The molecule has 1 atom stereocenters. The average Bonchev–Trinajstić information content (AvgIpc) is 2.46. The maximum atomic E-state index is 11.0. The Hall–Kier alpha value is -1.55. The number of methoxy groups -OCH3 is 1. The summed E-state index contributed by atoms with van der Waals surface area (Å²) in [5.74, 6) is 1.23. The Morgan fingerprint density at radius 2 is 2.33 bits per heavy atom. The number of aldehydes is 1. The smallest absolute Gasteiger partial charge is 0.153 e. The van der Waals surface area contributed by atoms with Gasteiger partial charge in [0.25, 0.3) is 0 Å². The van der Waals surface area contributed by atoms with Crippen molar-refractivity contribution in [3.8, 4) is 11.5 Å². The molecule has 4 nitrogen and oxygen atoms in total. The first-order valence-electron chi connectivity index (χ1n) is 6.21. The normalized spacial score (nSPS) is 19.3. The number of carbonyl (C=O) groups excluding carboxylic acids is 1. The zero-order valence-corrected chi connectivity index (χ0v) is 10.6. The highest BCUT2D eigenvalue weighted by atomic mass is 16.5. The number of hydrogen-bond acceptors (Lipinski definition) is 4. The van der Waals surface area contributed by atoms with Gasteiger partial charge in [0.05, 0.1) is 18.8 Å². The molecule has 1 aliphatic rings. The fraction of sp³-hybridized carbons (Fsp3) is 0.500. The van der Waals surface area contributed by atoms with E-state index in [2.05, 4.69) is 0 Å². The van der Waals surface area contributed by atoms with Crippen molar-refractivity contribution in [3.05, 3.63) is 23.8 Å². The Balaban J connectivity index is 1.97. The van der Waals surface area contributed by atoms with Gasteiger partial charge in [-0.1, -0.05) is 0 Å². The van der Waals surface area contributed by atoms with Crippen LogP contribution in [-0.2, 0) is 4.74 Å². The van der Waals surface area contributed by atoms with E-state index in [1.807, 2.05) is 0 Å². The number of rotatable bonds is 5. The largest absolute Gasteiger partial charge is 0.497 e. The van der Waals surface area contributed by atoms with Gasteiger partial charge in [-0.3, -0.25) is 4.79 Å². The van der Waals surface area contributed by atoms with E-state index in [0.29, 0.717) is 23.7 Å². The zero-order valence-electron chi connectivity index (χ0n) is 10.6. The van der Waals surface area contributed by atoms with Crippen molar-refractivity contribution in [3.63, 3.8) is 0 Å². The van der Waals surface area contributed by atoms with Crippen LogP contribution in [0.1, 0.15) is 29.6 Å². The number of hydrogen-bond donors (Lipinski definition) is 0. The average molecular weight is 250 g/mol. The molecule has 1 fully saturated rings. The number of carbonyl (C=O) groups is 1. The SMILES string of the molecule is COc1ccc(OC[C@@H]2CCCCO2)c(C=O)c1. The topological polar surface area (TPSA) is 44.8 Å². The molecule has 1 aliphatic heterocycles. The van der Waals surface area contributed by atoms with Crippen molar-refractivity contribution in [1.29, 1.82) is 0 Å². The molecule has 4 heteroatoms. The maximum absolute atomic E-state index is 11.0. The van der Waals surface area contributed by atoms with Crippen molar-refractivity contribution in [2.45, 2.75) is 25.4 Å². The molecule has 0 amide bonds. The lowest BCUT2D eigenvalue weighted by atomic mass is 10.1. The lowest BCUT2D eigenvalue weighted by Crippen LogP contribution is -2.26. The van der Waals surface area contributed by atoms with Crippen LogP contribution in [0.5, 0.6) is 11.5 Å². The molecule has 0 aromatic heterocycles. The van der Waals surface area contributed by atoms with Gasteiger partial charge in [0.2, 0.25) is 0 Å². The van der Waals surface area contributed by atoms with E-state index in [0.717, 1.165) is 25.7 Å². The Labute approximate surface area is 107 Å². The Morgan fingerprint density at radius 3 is 3.00 bits per heavy atom. The van der Waals surface area contributed by atoms with Crippen LogP contribution < -0.4 is 9.47 Å². The summed E-state index contributed by atoms with van der Waals surface area (Å²) in [4.78, 5) is 11.0. The van der Waals surface area contributed by atoms with Gasteiger partial charge in [-0.15, -0.1) is 0 Å². The minimum atomic E-state index is 0.139. The third-order valence-electron chi connectivity index (χ3n) is 3.04. The molecule has 0 saturated carbocycles. The molecule has 0 bridgehead atoms. The molecule has 98 valence electrons. The van der Waals surface area contributed by atoms with Crippen LogP contribution in [0.2, 0.25) is 0 Å². The standard InChI is InChI=1S/C14H18O4/c1-16-12-5-6-14(11(8-12)9-15)18-10-13-4-2-3-7-17-13/h5-6,8-9,13H,2-4,7,10H2,1H3/t13-/m0/s1. The molecule has 0 spiro atoms.